The molecule has 1 aliphatic carbocycles. The lowest BCUT2D eigenvalue weighted by Crippen LogP contribution is -2.26. The molecule has 1 aliphatic heterocycles. The van der Waals surface area contributed by atoms with Crippen molar-refractivity contribution in [2.24, 2.45) is 0 Å². The number of carbonyl (C=O) groups is 2. The van der Waals surface area contributed by atoms with Gasteiger partial charge in [0, 0.05) is 29.4 Å². The highest BCUT2D eigenvalue weighted by molar-refractivity contribution is 5.96. The SMILES string of the molecule is N#C/C(=C\c1ccc2c(c1)C1CCCC1N2c1ccc(/C=C\C(=O)O)cc1)C(=O)O. The summed E-state index contributed by atoms with van der Waals surface area (Å²) in [6, 6.07) is 15.7. The molecule has 0 aromatic heterocycles. The van der Waals surface area contributed by atoms with Gasteiger partial charge in [0.2, 0.25) is 0 Å². The van der Waals surface area contributed by atoms with Gasteiger partial charge in [0.1, 0.15) is 11.6 Å². The fourth-order valence-corrected chi connectivity index (χ4v) is 4.52. The fourth-order valence-electron chi connectivity index (χ4n) is 4.52. The molecule has 0 amide bonds. The van der Waals surface area contributed by atoms with Gasteiger partial charge in [-0.3, -0.25) is 0 Å². The molecule has 0 radical (unpaired) electrons. The maximum Gasteiger partial charge on any atom is 0.346 e. The number of nitriles is 1. The zero-order valence-electron chi connectivity index (χ0n) is 16.2. The van der Waals surface area contributed by atoms with E-state index in [1.54, 1.807) is 12.1 Å². The summed E-state index contributed by atoms with van der Waals surface area (Å²) in [5, 5.41) is 26.9. The normalized spacial score (nSPS) is 20.1. The van der Waals surface area contributed by atoms with Crippen LogP contribution < -0.4 is 4.90 Å². The van der Waals surface area contributed by atoms with Crippen LogP contribution in [0.4, 0.5) is 11.4 Å². The molecule has 2 aromatic carbocycles. The van der Waals surface area contributed by atoms with Crippen molar-refractivity contribution >= 4 is 35.5 Å². The molecule has 30 heavy (non-hydrogen) atoms. The molecule has 1 fully saturated rings. The average Bonchev–Trinajstić information content (AvgIpc) is 3.31. The van der Waals surface area contributed by atoms with Gasteiger partial charge in [0.25, 0.3) is 0 Å². The van der Waals surface area contributed by atoms with Crippen LogP contribution >= 0.6 is 0 Å². The van der Waals surface area contributed by atoms with E-state index >= 15 is 0 Å². The summed E-state index contributed by atoms with van der Waals surface area (Å²) in [4.78, 5) is 24.2. The van der Waals surface area contributed by atoms with Crippen LogP contribution in [-0.4, -0.2) is 28.2 Å². The van der Waals surface area contributed by atoms with Crippen LogP contribution in [0, 0.1) is 11.3 Å². The number of hydrogen-bond donors (Lipinski definition) is 2. The van der Waals surface area contributed by atoms with E-state index in [0.717, 1.165) is 42.3 Å². The van der Waals surface area contributed by atoms with Crippen molar-refractivity contribution in [1.29, 1.82) is 5.26 Å². The zero-order chi connectivity index (χ0) is 21.3. The van der Waals surface area contributed by atoms with Gasteiger partial charge in [0.05, 0.1) is 0 Å². The molecule has 2 N–H and O–H groups in total. The van der Waals surface area contributed by atoms with E-state index in [1.165, 1.54) is 11.6 Å². The molecule has 0 spiro atoms. The minimum atomic E-state index is -1.23. The van der Waals surface area contributed by atoms with Crippen LogP contribution in [0.5, 0.6) is 0 Å². The number of benzene rings is 2. The van der Waals surface area contributed by atoms with Crippen LogP contribution in [0.3, 0.4) is 0 Å². The van der Waals surface area contributed by atoms with E-state index in [4.69, 9.17) is 15.5 Å². The number of anilines is 2. The minimum Gasteiger partial charge on any atom is -0.478 e. The van der Waals surface area contributed by atoms with Crippen molar-refractivity contribution in [3.8, 4) is 6.07 Å². The van der Waals surface area contributed by atoms with Gasteiger partial charge in [-0.1, -0.05) is 24.6 Å². The number of aliphatic carboxylic acids is 2. The number of carboxylic acid groups (broad SMARTS) is 2. The van der Waals surface area contributed by atoms with E-state index in [-0.39, 0.29) is 5.57 Å². The van der Waals surface area contributed by atoms with Crippen molar-refractivity contribution in [2.75, 3.05) is 4.90 Å². The van der Waals surface area contributed by atoms with Crippen LogP contribution in [0.1, 0.15) is 41.9 Å². The molecule has 0 bridgehead atoms. The van der Waals surface area contributed by atoms with Gasteiger partial charge in [0.15, 0.2) is 0 Å². The number of fused-ring (bicyclic) bond motifs is 3. The third kappa shape index (κ3) is 3.58. The molecule has 6 heteroatoms. The molecular formula is C24H20N2O4. The van der Waals surface area contributed by atoms with Gasteiger partial charge in [-0.2, -0.15) is 5.26 Å². The Hall–Kier alpha value is -3.85. The zero-order valence-corrected chi connectivity index (χ0v) is 16.2. The van der Waals surface area contributed by atoms with Gasteiger partial charge in [-0.05, 0) is 65.9 Å². The topological polar surface area (TPSA) is 102 Å². The second-order valence-corrected chi connectivity index (χ2v) is 7.53. The highest BCUT2D eigenvalue weighted by Gasteiger charge is 2.42. The molecule has 2 aromatic rings. The fraction of sp³-hybridized carbons (Fsp3) is 0.208. The number of hydrogen-bond acceptors (Lipinski definition) is 4. The Labute approximate surface area is 174 Å². The smallest absolute Gasteiger partial charge is 0.346 e. The quantitative estimate of drug-likeness (QED) is 0.563. The first-order valence-corrected chi connectivity index (χ1v) is 9.77. The molecule has 1 saturated carbocycles. The molecule has 2 aliphatic rings. The average molecular weight is 400 g/mol. The molecule has 2 unspecified atom stereocenters. The summed E-state index contributed by atoms with van der Waals surface area (Å²) < 4.78 is 0. The summed E-state index contributed by atoms with van der Waals surface area (Å²) in [6.07, 6.45) is 7.38. The molecular weight excluding hydrogens is 380 g/mol. The summed E-state index contributed by atoms with van der Waals surface area (Å²) in [5.41, 5.74) is 4.59. The highest BCUT2D eigenvalue weighted by Crippen LogP contribution is 2.52. The highest BCUT2D eigenvalue weighted by atomic mass is 16.4. The van der Waals surface area contributed by atoms with Crippen LogP contribution in [-0.2, 0) is 9.59 Å². The van der Waals surface area contributed by atoms with Crippen molar-refractivity contribution in [2.45, 2.75) is 31.2 Å². The summed E-state index contributed by atoms with van der Waals surface area (Å²) in [6.45, 7) is 0. The van der Waals surface area contributed by atoms with E-state index in [1.807, 2.05) is 42.5 Å². The third-order valence-electron chi connectivity index (χ3n) is 5.77. The van der Waals surface area contributed by atoms with E-state index in [9.17, 15) is 9.59 Å². The first-order valence-electron chi connectivity index (χ1n) is 9.77. The molecule has 6 nitrogen and oxygen atoms in total. The predicted molar refractivity (Wildman–Crippen MR) is 113 cm³/mol. The Morgan fingerprint density at radius 2 is 1.80 bits per heavy atom. The third-order valence-corrected chi connectivity index (χ3v) is 5.77. The second kappa shape index (κ2) is 7.88. The monoisotopic (exact) mass is 400 g/mol. The summed E-state index contributed by atoms with van der Waals surface area (Å²) in [7, 11) is 0. The first kappa shape index (κ1) is 19.5. The van der Waals surface area contributed by atoms with Crippen molar-refractivity contribution in [1.82, 2.24) is 0 Å². The lowest BCUT2D eigenvalue weighted by Gasteiger charge is -2.27. The maximum atomic E-state index is 11.2. The van der Waals surface area contributed by atoms with E-state index < -0.39 is 11.9 Å². The van der Waals surface area contributed by atoms with Crippen LogP contribution in [0.25, 0.3) is 12.2 Å². The number of rotatable bonds is 5. The molecule has 150 valence electrons. The van der Waals surface area contributed by atoms with Crippen LogP contribution in [0.15, 0.2) is 54.1 Å². The first-order chi connectivity index (χ1) is 14.5. The summed E-state index contributed by atoms with van der Waals surface area (Å²) in [5.74, 6) is -1.83. The predicted octanol–water partition coefficient (Wildman–Crippen LogP) is 4.56. The second-order valence-electron chi connectivity index (χ2n) is 7.53. The maximum absolute atomic E-state index is 11.2. The molecule has 0 saturated heterocycles. The number of nitrogens with zero attached hydrogens (tertiary/aromatic N) is 2. The Morgan fingerprint density at radius 3 is 2.47 bits per heavy atom. The van der Waals surface area contributed by atoms with Gasteiger partial charge in [-0.15, -0.1) is 0 Å². The van der Waals surface area contributed by atoms with Gasteiger partial charge in [-0.25, -0.2) is 9.59 Å². The Bertz CT molecular complexity index is 1110. The molecule has 1 heterocycles. The largest absolute Gasteiger partial charge is 0.478 e. The van der Waals surface area contributed by atoms with E-state index in [2.05, 4.69) is 4.90 Å². The van der Waals surface area contributed by atoms with E-state index in [0.29, 0.717) is 17.5 Å². The standard InChI is InChI=1S/C24H20N2O4/c25-14-17(24(29)30)12-16-6-10-22-20(13-16)19-2-1-3-21(19)26(22)18-8-4-15(5-9-18)7-11-23(27)28/h4-13,19,21H,1-3H2,(H,27,28)(H,29,30)/b11-7-,17-12+. The van der Waals surface area contributed by atoms with Gasteiger partial charge < -0.3 is 15.1 Å². The minimum absolute atomic E-state index is 0.280. The number of carboxylic acids is 2. The van der Waals surface area contributed by atoms with Crippen molar-refractivity contribution in [3.05, 3.63) is 70.8 Å². The lowest BCUT2D eigenvalue weighted by atomic mass is 9.95. The van der Waals surface area contributed by atoms with Gasteiger partial charge >= 0.3 is 11.9 Å². The molecule has 2 atom stereocenters. The summed E-state index contributed by atoms with van der Waals surface area (Å²) >= 11 is 0. The Balaban J connectivity index is 1.70. The molecule has 4 rings (SSSR count). The lowest BCUT2D eigenvalue weighted by molar-refractivity contribution is -0.132. The van der Waals surface area contributed by atoms with Crippen LogP contribution in [0.2, 0.25) is 0 Å². The van der Waals surface area contributed by atoms with Crippen molar-refractivity contribution in [3.63, 3.8) is 0 Å². The Morgan fingerprint density at radius 1 is 1.07 bits per heavy atom. The Kier molecular flexibility index (Phi) is 5.11. The van der Waals surface area contributed by atoms with Crippen molar-refractivity contribution < 1.29 is 19.8 Å².